The van der Waals surface area contributed by atoms with Crippen molar-refractivity contribution in [1.82, 2.24) is 4.98 Å². The van der Waals surface area contributed by atoms with Crippen molar-refractivity contribution in [2.45, 2.75) is 13.3 Å². The molecule has 1 N–H and O–H groups in total. The van der Waals surface area contributed by atoms with Crippen LogP contribution in [0.25, 0.3) is 10.9 Å². The number of ether oxygens (including phenoxy) is 1. The molecule has 0 bridgehead atoms. The minimum atomic E-state index is 0.728. The molecule has 0 aliphatic rings. The van der Waals surface area contributed by atoms with Gasteiger partial charge in [-0.25, -0.2) is 0 Å². The first-order valence-corrected chi connectivity index (χ1v) is 5.19. The molecule has 2 nitrogen and oxygen atoms in total. The van der Waals surface area contributed by atoms with Gasteiger partial charge in [0.15, 0.2) is 0 Å². The molecule has 0 aliphatic carbocycles. The molecular formula is C13H15NO. The van der Waals surface area contributed by atoms with Crippen molar-refractivity contribution in [3.8, 4) is 0 Å². The molecule has 0 unspecified atom stereocenters. The number of aromatic amines is 1. The summed E-state index contributed by atoms with van der Waals surface area (Å²) in [5, 5.41) is 1.29. The SMILES string of the molecule is C/C=C/OCCc1c[nH]c2ccccc12. The van der Waals surface area contributed by atoms with Crippen molar-refractivity contribution in [2.24, 2.45) is 0 Å². The fourth-order valence-electron chi connectivity index (χ4n) is 1.67. The van der Waals surface area contributed by atoms with Crippen LogP contribution in [0.2, 0.25) is 0 Å². The summed E-state index contributed by atoms with van der Waals surface area (Å²) in [6, 6.07) is 8.33. The lowest BCUT2D eigenvalue weighted by atomic mass is 10.1. The molecule has 0 spiro atoms. The number of rotatable bonds is 4. The average molecular weight is 201 g/mol. The molecule has 0 radical (unpaired) electrons. The monoisotopic (exact) mass is 201 g/mol. The van der Waals surface area contributed by atoms with Crippen molar-refractivity contribution in [3.05, 3.63) is 48.4 Å². The topological polar surface area (TPSA) is 25.0 Å². The van der Waals surface area contributed by atoms with E-state index in [0.29, 0.717) is 0 Å². The lowest BCUT2D eigenvalue weighted by molar-refractivity contribution is 0.253. The Kier molecular flexibility index (Phi) is 3.08. The first-order chi connectivity index (χ1) is 7.42. The summed E-state index contributed by atoms with van der Waals surface area (Å²) in [5.74, 6) is 0. The van der Waals surface area contributed by atoms with Gasteiger partial charge < -0.3 is 9.72 Å². The highest BCUT2D eigenvalue weighted by Gasteiger charge is 2.01. The van der Waals surface area contributed by atoms with E-state index in [1.807, 2.05) is 19.1 Å². The third-order valence-corrected chi connectivity index (χ3v) is 2.40. The number of para-hydroxylation sites is 1. The second-order valence-electron chi connectivity index (χ2n) is 3.45. The van der Waals surface area contributed by atoms with Gasteiger partial charge >= 0.3 is 0 Å². The summed E-state index contributed by atoms with van der Waals surface area (Å²) in [6.07, 6.45) is 6.63. The van der Waals surface area contributed by atoms with Crippen molar-refractivity contribution in [1.29, 1.82) is 0 Å². The molecule has 1 heterocycles. The van der Waals surface area contributed by atoms with E-state index in [0.717, 1.165) is 13.0 Å². The number of benzene rings is 1. The van der Waals surface area contributed by atoms with Gasteiger partial charge in [-0.1, -0.05) is 24.3 Å². The van der Waals surface area contributed by atoms with Crippen LogP contribution in [0.5, 0.6) is 0 Å². The van der Waals surface area contributed by atoms with E-state index in [-0.39, 0.29) is 0 Å². The fraction of sp³-hybridized carbons (Fsp3) is 0.231. The second kappa shape index (κ2) is 4.69. The van der Waals surface area contributed by atoms with Crippen LogP contribution in [-0.4, -0.2) is 11.6 Å². The lowest BCUT2D eigenvalue weighted by Crippen LogP contribution is -1.92. The second-order valence-corrected chi connectivity index (χ2v) is 3.45. The van der Waals surface area contributed by atoms with Crippen LogP contribution in [-0.2, 0) is 11.2 Å². The van der Waals surface area contributed by atoms with Crippen LogP contribution < -0.4 is 0 Å². The molecule has 15 heavy (non-hydrogen) atoms. The van der Waals surface area contributed by atoms with Gasteiger partial charge in [-0.05, 0) is 18.6 Å². The number of aromatic nitrogens is 1. The zero-order valence-electron chi connectivity index (χ0n) is 8.86. The van der Waals surface area contributed by atoms with E-state index >= 15 is 0 Å². The third kappa shape index (κ3) is 2.21. The van der Waals surface area contributed by atoms with Crippen LogP contribution in [0.4, 0.5) is 0 Å². The molecule has 2 heteroatoms. The molecule has 0 saturated carbocycles. The minimum absolute atomic E-state index is 0.728. The van der Waals surface area contributed by atoms with E-state index in [4.69, 9.17) is 4.74 Å². The van der Waals surface area contributed by atoms with Gasteiger partial charge in [0.25, 0.3) is 0 Å². The Bertz CT molecular complexity index is 456. The average Bonchev–Trinajstić information content (AvgIpc) is 2.68. The highest BCUT2D eigenvalue weighted by atomic mass is 16.5. The number of hydrogen-bond donors (Lipinski definition) is 1. The molecule has 2 aromatic rings. The van der Waals surface area contributed by atoms with Crippen molar-refractivity contribution >= 4 is 10.9 Å². The van der Waals surface area contributed by atoms with Crippen LogP contribution in [0.15, 0.2) is 42.8 Å². The number of allylic oxidation sites excluding steroid dienone is 1. The zero-order chi connectivity index (χ0) is 10.5. The van der Waals surface area contributed by atoms with Gasteiger partial charge in [0.1, 0.15) is 0 Å². The Morgan fingerprint density at radius 1 is 1.33 bits per heavy atom. The van der Waals surface area contributed by atoms with Gasteiger partial charge in [0, 0.05) is 23.5 Å². The van der Waals surface area contributed by atoms with E-state index in [9.17, 15) is 0 Å². The maximum Gasteiger partial charge on any atom is 0.0914 e. The first-order valence-electron chi connectivity index (χ1n) is 5.19. The standard InChI is InChI=1S/C13H15NO/c1-2-8-15-9-7-11-10-14-13-6-4-3-5-12(11)13/h2-6,8,10,14H,7,9H2,1H3/b8-2+. The van der Waals surface area contributed by atoms with Gasteiger partial charge in [0.05, 0.1) is 12.9 Å². The van der Waals surface area contributed by atoms with Gasteiger partial charge in [0.2, 0.25) is 0 Å². The molecule has 78 valence electrons. The first kappa shape index (κ1) is 9.84. The van der Waals surface area contributed by atoms with E-state index in [2.05, 4.69) is 29.4 Å². The minimum Gasteiger partial charge on any atom is -0.501 e. The third-order valence-electron chi connectivity index (χ3n) is 2.40. The van der Waals surface area contributed by atoms with Gasteiger partial charge in [-0.2, -0.15) is 0 Å². The highest BCUT2D eigenvalue weighted by Crippen LogP contribution is 2.17. The molecular weight excluding hydrogens is 186 g/mol. The summed E-state index contributed by atoms with van der Waals surface area (Å²) in [6.45, 7) is 2.68. The van der Waals surface area contributed by atoms with Crippen LogP contribution >= 0.6 is 0 Å². The Morgan fingerprint density at radius 3 is 3.07 bits per heavy atom. The van der Waals surface area contributed by atoms with Crippen LogP contribution in [0.3, 0.4) is 0 Å². The van der Waals surface area contributed by atoms with Crippen molar-refractivity contribution in [2.75, 3.05) is 6.61 Å². The maximum absolute atomic E-state index is 5.31. The summed E-state index contributed by atoms with van der Waals surface area (Å²) >= 11 is 0. The van der Waals surface area contributed by atoms with Gasteiger partial charge in [-0.3, -0.25) is 0 Å². The predicted octanol–water partition coefficient (Wildman–Crippen LogP) is 3.26. The molecule has 0 amide bonds. The molecule has 0 fully saturated rings. The number of hydrogen-bond acceptors (Lipinski definition) is 1. The predicted molar refractivity (Wildman–Crippen MR) is 62.8 cm³/mol. The number of fused-ring (bicyclic) bond motifs is 1. The fourth-order valence-corrected chi connectivity index (χ4v) is 1.67. The molecule has 0 aliphatic heterocycles. The largest absolute Gasteiger partial charge is 0.501 e. The maximum atomic E-state index is 5.31. The van der Waals surface area contributed by atoms with Crippen LogP contribution in [0, 0.1) is 0 Å². The van der Waals surface area contributed by atoms with E-state index in [1.54, 1.807) is 6.26 Å². The smallest absolute Gasteiger partial charge is 0.0914 e. The highest BCUT2D eigenvalue weighted by molar-refractivity contribution is 5.82. The van der Waals surface area contributed by atoms with Crippen LogP contribution in [0.1, 0.15) is 12.5 Å². The van der Waals surface area contributed by atoms with Crippen molar-refractivity contribution in [3.63, 3.8) is 0 Å². The number of nitrogens with one attached hydrogen (secondary N) is 1. The summed E-state index contributed by atoms with van der Waals surface area (Å²) in [5.41, 5.74) is 2.51. The summed E-state index contributed by atoms with van der Waals surface area (Å²) in [7, 11) is 0. The molecule has 1 aromatic carbocycles. The summed E-state index contributed by atoms with van der Waals surface area (Å²) in [4.78, 5) is 3.26. The number of H-pyrrole nitrogens is 1. The van der Waals surface area contributed by atoms with Gasteiger partial charge in [-0.15, -0.1) is 0 Å². The Morgan fingerprint density at radius 2 is 2.20 bits per heavy atom. The Labute approximate surface area is 89.6 Å². The molecule has 1 aromatic heterocycles. The zero-order valence-corrected chi connectivity index (χ0v) is 8.86. The molecule has 2 rings (SSSR count). The quantitative estimate of drug-likeness (QED) is 0.596. The van der Waals surface area contributed by atoms with E-state index < -0.39 is 0 Å². The Balaban J connectivity index is 2.08. The van der Waals surface area contributed by atoms with Crippen molar-refractivity contribution < 1.29 is 4.74 Å². The summed E-state index contributed by atoms with van der Waals surface area (Å²) < 4.78 is 5.31. The lowest BCUT2D eigenvalue weighted by Gasteiger charge is -1.99. The normalized spacial score (nSPS) is 11.3. The molecule has 0 saturated heterocycles. The Hall–Kier alpha value is -1.70. The van der Waals surface area contributed by atoms with E-state index in [1.165, 1.54) is 16.5 Å². The molecule has 0 atom stereocenters.